The van der Waals surface area contributed by atoms with Crippen LogP contribution in [0.5, 0.6) is 17.2 Å². The molecule has 0 aromatic heterocycles. The maximum atomic E-state index is 13.1. The van der Waals surface area contributed by atoms with E-state index in [2.05, 4.69) is 20.6 Å². The number of hydrogen-bond donors (Lipinski definition) is 2. The van der Waals surface area contributed by atoms with Gasteiger partial charge in [0, 0.05) is 11.4 Å². The van der Waals surface area contributed by atoms with Gasteiger partial charge in [-0.1, -0.05) is 53.5 Å². The van der Waals surface area contributed by atoms with E-state index in [1.54, 1.807) is 37.3 Å². The molecular formula is C30H31Cl2N3O7. The van der Waals surface area contributed by atoms with Gasteiger partial charge in [0.05, 0.1) is 25.0 Å². The smallest absolute Gasteiger partial charge is 0.343 e. The van der Waals surface area contributed by atoms with E-state index in [1.807, 2.05) is 37.3 Å². The van der Waals surface area contributed by atoms with E-state index in [4.69, 9.17) is 37.4 Å². The lowest BCUT2D eigenvalue weighted by atomic mass is 10.1. The second-order valence-electron chi connectivity index (χ2n) is 8.82. The Morgan fingerprint density at radius 3 is 2.36 bits per heavy atom. The van der Waals surface area contributed by atoms with Crippen molar-refractivity contribution in [1.82, 2.24) is 10.7 Å². The summed E-state index contributed by atoms with van der Waals surface area (Å²) in [6.45, 7) is 3.44. The molecule has 0 bridgehead atoms. The second kappa shape index (κ2) is 16.2. The zero-order chi connectivity index (χ0) is 30.5. The maximum absolute atomic E-state index is 13.1. The van der Waals surface area contributed by atoms with E-state index < -0.39 is 29.9 Å². The van der Waals surface area contributed by atoms with Crippen molar-refractivity contribution < 1.29 is 33.3 Å². The van der Waals surface area contributed by atoms with Crippen LogP contribution in [0.25, 0.3) is 0 Å². The minimum Gasteiger partial charge on any atom is -0.490 e. The van der Waals surface area contributed by atoms with Gasteiger partial charge in [0.25, 0.3) is 11.8 Å². The summed E-state index contributed by atoms with van der Waals surface area (Å²) in [7, 11) is 1.27. The van der Waals surface area contributed by atoms with E-state index in [-0.39, 0.29) is 23.8 Å². The molecule has 0 unspecified atom stereocenters. The van der Waals surface area contributed by atoms with Crippen molar-refractivity contribution in [1.29, 1.82) is 0 Å². The number of ether oxygens (including phenoxy) is 4. The number of hydrogen-bond acceptors (Lipinski definition) is 8. The fourth-order valence-corrected chi connectivity index (χ4v) is 4.05. The molecule has 10 nitrogen and oxygen atoms in total. The Morgan fingerprint density at radius 2 is 1.67 bits per heavy atom. The van der Waals surface area contributed by atoms with Crippen LogP contribution in [0.1, 0.15) is 25.0 Å². The normalized spacial score (nSPS) is 12.2. The Hall–Kier alpha value is -4.28. The quantitative estimate of drug-likeness (QED) is 0.154. The lowest BCUT2D eigenvalue weighted by Gasteiger charge is -2.21. The highest BCUT2D eigenvalue weighted by atomic mass is 35.5. The van der Waals surface area contributed by atoms with E-state index in [9.17, 15) is 14.4 Å². The van der Waals surface area contributed by atoms with E-state index in [0.717, 1.165) is 5.56 Å². The van der Waals surface area contributed by atoms with Crippen LogP contribution in [-0.4, -0.2) is 56.5 Å². The molecule has 3 rings (SSSR count). The number of nitrogens with zero attached hydrogens (tertiary/aromatic N) is 1. The summed E-state index contributed by atoms with van der Waals surface area (Å²) in [4.78, 5) is 37.6. The van der Waals surface area contributed by atoms with Crippen molar-refractivity contribution in [3.8, 4) is 17.2 Å². The largest absolute Gasteiger partial charge is 0.490 e. The minimum absolute atomic E-state index is 0.211. The minimum atomic E-state index is -0.963. The Kier molecular flexibility index (Phi) is 12.5. The highest BCUT2D eigenvalue weighted by Gasteiger charge is 2.25. The SMILES string of the molecule is CCOc1cc(/C=N\NC(=O)[C@H](Cc2ccccc2)NC(=O)[C@H](C)Oc2ccc(Cl)cc2Cl)ccc1OCC(=O)OC. The number of esters is 1. The molecule has 0 spiro atoms. The van der Waals surface area contributed by atoms with Crippen LogP contribution in [0.3, 0.4) is 0 Å². The van der Waals surface area contributed by atoms with Crippen LogP contribution < -0.4 is 25.0 Å². The van der Waals surface area contributed by atoms with Crippen LogP contribution in [0, 0.1) is 0 Å². The van der Waals surface area contributed by atoms with Crippen LogP contribution in [-0.2, 0) is 25.5 Å². The molecule has 0 saturated carbocycles. The first kappa shape index (κ1) is 32.2. The molecule has 0 heterocycles. The molecule has 12 heteroatoms. The molecule has 2 amide bonds. The number of carbonyl (C=O) groups is 3. The molecule has 0 aliphatic carbocycles. The predicted molar refractivity (Wildman–Crippen MR) is 159 cm³/mol. The monoisotopic (exact) mass is 615 g/mol. The molecule has 2 atom stereocenters. The molecule has 0 radical (unpaired) electrons. The number of halogens is 2. The van der Waals surface area contributed by atoms with Gasteiger partial charge in [-0.15, -0.1) is 0 Å². The lowest BCUT2D eigenvalue weighted by molar-refractivity contribution is -0.143. The molecule has 3 aromatic rings. The van der Waals surface area contributed by atoms with Crippen molar-refractivity contribution in [3.05, 3.63) is 87.9 Å². The van der Waals surface area contributed by atoms with E-state index >= 15 is 0 Å². The first-order chi connectivity index (χ1) is 20.2. The molecule has 0 aliphatic heterocycles. The Bertz CT molecular complexity index is 1400. The Morgan fingerprint density at radius 1 is 0.929 bits per heavy atom. The molecular weight excluding hydrogens is 585 g/mol. The number of rotatable bonds is 14. The van der Waals surface area contributed by atoms with Gasteiger partial charge < -0.3 is 24.3 Å². The fraction of sp³-hybridized carbons (Fsp3) is 0.267. The summed E-state index contributed by atoms with van der Waals surface area (Å²) in [5.74, 6) is -0.567. The molecule has 0 fully saturated rings. The topological polar surface area (TPSA) is 125 Å². The zero-order valence-electron chi connectivity index (χ0n) is 23.3. The maximum Gasteiger partial charge on any atom is 0.343 e. The molecule has 222 valence electrons. The number of amides is 2. The number of nitrogens with one attached hydrogen (secondary N) is 2. The third-order valence-corrected chi connectivity index (χ3v) is 6.24. The van der Waals surface area contributed by atoms with Gasteiger partial charge in [-0.3, -0.25) is 9.59 Å². The Labute approximate surface area is 253 Å². The Balaban J connectivity index is 1.69. The van der Waals surface area contributed by atoms with Crippen molar-refractivity contribution in [2.75, 3.05) is 20.3 Å². The number of benzene rings is 3. The molecule has 0 aliphatic rings. The van der Waals surface area contributed by atoms with Crippen LogP contribution in [0.4, 0.5) is 0 Å². The van der Waals surface area contributed by atoms with Gasteiger partial charge >= 0.3 is 5.97 Å². The number of hydrazone groups is 1. The molecule has 2 N–H and O–H groups in total. The standard InChI is InChI=1S/C30H31Cl2N3O7/c1-4-40-27-15-21(10-12-26(27)41-18-28(36)39-3)17-33-35-30(38)24(14-20-8-6-5-7-9-20)34-29(37)19(2)42-25-13-11-22(31)16-23(25)32/h5-13,15-17,19,24H,4,14,18H2,1-3H3,(H,34,37)(H,35,38)/b33-17-/t19-,24-/m0/s1. The van der Waals surface area contributed by atoms with Crippen molar-refractivity contribution in [2.24, 2.45) is 5.10 Å². The highest BCUT2D eigenvalue weighted by Crippen LogP contribution is 2.29. The van der Waals surface area contributed by atoms with Crippen molar-refractivity contribution >= 4 is 47.2 Å². The van der Waals surface area contributed by atoms with Crippen LogP contribution in [0.2, 0.25) is 10.0 Å². The second-order valence-corrected chi connectivity index (χ2v) is 9.67. The molecule has 0 saturated heterocycles. The summed E-state index contributed by atoms with van der Waals surface area (Å²) in [5.41, 5.74) is 3.91. The number of methoxy groups -OCH3 is 1. The van der Waals surface area contributed by atoms with Gasteiger partial charge in [0.1, 0.15) is 11.8 Å². The van der Waals surface area contributed by atoms with Gasteiger partial charge in [0.2, 0.25) is 0 Å². The summed E-state index contributed by atoms with van der Waals surface area (Å²) in [6.07, 6.45) is 0.665. The summed E-state index contributed by atoms with van der Waals surface area (Å²) >= 11 is 12.1. The van der Waals surface area contributed by atoms with Gasteiger partial charge in [-0.2, -0.15) is 5.10 Å². The van der Waals surface area contributed by atoms with E-state index in [0.29, 0.717) is 28.7 Å². The van der Waals surface area contributed by atoms with E-state index in [1.165, 1.54) is 19.4 Å². The van der Waals surface area contributed by atoms with Gasteiger partial charge in [-0.25, -0.2) is 10.2 Å². The highest BCUT2D eigenvalue weighted by molar-refractivity contribution is 6.35. The lowest BCUT2D eigenvalue weighted by Crippen LogP contribution is -2.50. The van der Waals surface area contributed by atoms with Crippen LogP contribution in [0.15, 0.2) is 71.8 Å². The molecule has 42 heavy (non-hydrogen) atoms. The molecule has 3 aromatic carbocycles. The summed E-state index contributed by atoms with van der Waals surface area (Å²) < 4.78 is 21.3. The van der Waals surface area contributed by atoms with Crippen molar-refractivity contribution in [2.45, 2.75) is 32.4 Å². The van der Waals surface area contributed by atoms with Gasteiger partial charge in [-0.05, 0) is 61.4 Å². The fourth-order valence-electron chi connectivity index (χ4n) is 3.60. The summed E-state index contributed by atoms with van der Waals surface area (Å²) in [6, 6.07) is 17.9. The first-order valence-corrected chi connectivity index (χ1v) is 13.7. The average Bonchev–Trinajstić information content (AvgIpc) is 2.98. The average molecular weight is 616 g/mol. The van der Waals surface area contributed by atoms with Gasteiger partial charge in [0.15, 0.2) is 24.2 Å². The third-order valence-electron chi connectivity index (χ3n) is 5.71. The third kappa shape index (κ3) is 9.97. The van der Waals surface area contributed by atoms with Crippen molar-refractivity contribution in [3.63, 3.8) is 0 Å². The summed E-state index contributed by atoms with van der Waals surface area (Å²) in [5, 5.41) is 7.47. The number of carbonyl (C=O) groups excluding carboxylic acids is 3. The van der Waals surface area contributed by atoms with Crippen LogP contribution >= 0.6 is 23.2 Å². The zero-order valence-corrected chi connectivity index (χ0v) is 24.8. The predicted octanol–water partition coefficient (Wildman–Crippen LogP) is 4.59. The first-order valence-electron chi connectivity index (χ1n) is 13.0.